The van der Waals surface area contributed by atoms with Crippen LogP contribution in [0.4, 0.5) is 16.2 Å². The predicted molar refractivity (Wildman–Crippen MR) is 102 cm³/mol. The van der Waals surface area contributed by atoms with Gasteiger partial charge in [0, 0.05) is 29.9 Å². The van der Waals surface area contributed by atoms with Crippen LogP contribution in [0.1, 0.15) is 50.5 Å². The van der Waals surface area contributed by atoms with Gasteiger partial charge in [0.05, 0.1) is 4.92 Å². The molecule has 2 N–H and O–H groups in total. The summed E-state index contributed by atoms with van der Waals surface area (Å²) in [5.41, 5.74) is 0.871. The number of benzene rings is 1. The lowest BCUT2D eigenvalue weighted by Gasteiger charge is -2.29. The van der Waals surface area contributed by atoms with Crippen LogP contribution in [0.3, 0.4) is 0 Å². The first-order valence-electron chi connectivity index (χ1n) is 9.59. The van der Waals surface area contributed by atoms with Crippen LogP contribution in [0.25, 0.3) is 0 Å². The minimum absolute atomic E-state index is 0.0360. The standard InChI is InChI=1S/C19H26N4O4/c1-13-9-10-15(12-17(13)23(26)27)20-18(24)16-8-5-11-22(16)19(25)21-14-6-3-2-4-7-14/h9-10,12,14,16H,2-8,11H2,1H3,(H,20,24)(H,21,25)/t16-/m1/s1. The summed E-state index contributed by atoms with van der Waals surface area (Å²) in [7, 11) is 0. The van der Waals surface area contributed by atoms with E-state index in [1.807, 2.05) is 0 Å². The van der Waals surface area contributed by atoms with Gasteiger partial charge in [-0.15, -0.1) is 0 Å². The van der Waals surface area contributed by atoms with Gasteiger partial charge in [-0.2, -0.15) is 0 Å². The van der Waals surface area contributed by atoms with Crippen LogP contribution in [-0.4, -0.2) is 40.4 Å². The Balaban J connectivity index is 1.64. The van der Waals surface area contributed by atoms with Crippen LogP contribution in [0.2, 0.25) is 0 Å². The van der Waals surface area contributed by atoms with E-state index in [0.717, 1.165) is 32.1 Å². The Morgan fingerprint density at radius 1 is 1.15 bits per heavy atom. The van der Waals surface area contributed by atoms with Crippen molar-refractivity contribution < 1.29 is 14.5 Å². The van der Waals surface area contributed by atoms with Crippen molar-refractivity contribution in [3.05, 3.63) is 33.9 Å². The van der Waals surface area contributed by atoms with Crippen molar-refractivity contribution in [2.24, 2.45) is 0 Å². The molecule has 0 spiro atoms. The number of nitrogens with zero attached hydrogens (tertiary/aromatic N) is 2. The lowest BCUT2D eigenvalue weighted by molar-refractivity contribution is -0.385. The van der Waals surface area contributed by atoms with E-state index < -0.39 is 11.0 Å². The molecular formula is C19H26N4O4. The van der Waals surface area contributed by atoms with Gasteiger partial charge in [0.25, 0.3) is 5.69 Å². The third-order valence-corrected chi connectivity index (χ3v) is 5.42. The summed E-state index contributed by atoms with van der Waals surface area (Å²) in [4.78, 5) is 37.5. The maximum absolute atomic E-state index is 12.7. The molecule has 8 nitrogen and oxygen atoms in total. The Labute approximate surface area is 158 Å². The number of nitro groups is 1. The van der Waals surface area contributed by atoms with Gasteiger partial charge in [-0.3, -0.25) is 14.9 Å². The molecule has 27 heavy (non-hydrogen) atoms. The predicted octanol–water partition coefficient (Wildman–Crippen LogP) is 3.35. The highest BCUT2D eigenvalue weighted by Crippen LogP contribution is 2.25. The second kappa shape index (κ2) is 8.37. The molecule has 1 saturated heterocycles. The molecule has 1 saturated carbocycles. The van der Waals surface area contributed by atoms with Crippen LogP contribution >= 0.6 is 0 Å². The number of hydrogen-bond acceptors (Lipinski definition) is 4. The Bertz CT molecular complexity index is 730. The average Bonchev–Trinajstić information content (AvgIpc) is 3.14. The number of aryl methyl sites for hydroxylation is 1. The highest BCUT2D eigenvalue weighted by molar-refractivity contribution is 5.97. The van der Waals surface area contributed by atoms with Crippen molar-refractivity contribution in [2.45, 2.75) is 64.0 Å². The fourth-order valence-corrected chi connectivity index (χ4v) is 3.90. The summed E-state index contributed by atoms with van der Waals surface area (Å²) in [5, 5.41) is 16.9. The van der Waals surface area contributed by atoms with Gasteiger partial charge in [0.2, 0.25) is 5.91 Å². The minimum Gasteiger partial charge on any atom is -0.335 e. The van der Waals surface area contributed by atoms with E-state index in [1.54, 1.807) is 24.0 Å². The molecule has 3 amide bonds. The van der Waals surface area contributed by atoms with Crippen LogP contribution in [0.15, 0.2) is 18.2 Å². The lowest BCUT2D eigenvalue weighted by Crippen LogP contribution is -2.50. The number of amides is 3. The molecule has 3 rings (SSSR count). The second-order valence-electron chi connectivity index (χ2n) is 7.38. The Morgan fingerprint density at radius 2 is 1.89 bits per heavy atom. The van der Waals surface area contributed by atoms with E-state index in [-0.39, 0.29) is 23.7 Å². The van der Waals surface area contributed by atoms with Gasteiger partial charge in [0.1, 0.15) is 6.04 Å². The van der Waals surface area contributed by atoms with Gasteiger partial charge < -0.3 is 15.5 Å². The van der Waals surface area contributed by atoms with Crippen LogP contribution < -0.4 is 10.6 Å². The van der Waals surface area contributed by atoms with E-state index in [9.17, 15) is 19.7 Å². The SMILES string of the molecule is Cc1ccc(NC(=O)[C@H]2CCCN2C(=O)NC2CCCCC2)cc1[N+](=O)[O-]. The number of carbonyl (C=O) groups is 2. The molecular weight excluding hydrogens is 348 g/mol. The molecule has 0 radical (unpaired) electrons. The molecule has 8 heteroatoms. The first-order chi connectivity index (χ1) is 13.0. The summed E-state index contributed by atoms with van der Waals surface area (Å²) in [6, 6.07) is 4.06. The van der Waals surface area contributed by atoms with Crippen molar-refractivity contribution in [2.75, 3.05) is 11.9 Å². The highest BCUT2D eigenvalue weighted by atomic mass is 16.6. The van der Waals surface area contributed by atoms with Crippen LogP contribution in [-0.2, 0) is 4.79 Å². The number of likely N-dealkylation sites (tertiary alicyclic amines) is 1. The fourth-order valence-electron chi connectivity index (χ4n) is 3.90. The number of rotatable bonds is 4. The maximum Gasteiger partial charge on any atom is 0.318 e. The molecule has 1 atom stereocenters. The summed E-state index contributed by atoms with van der Waals surface area (Å²) < 4.78 is 0. The van der Waals surface area contributed by atoms with Crippen molar-refractivity contribution >= 4 is 23.3 Å². The molecule has 1 aromatic rings. The van der Waals surface area contributed by atoms with Crippen molar-refractivity contribution in [1.82, 2.24) is 10.2 Å². The van der Waals surface area contributed by atoms with E-state index in [0.29, 0.717) is 24.2 Å². The first-order valence-corrected chi connectivity index (χ1v) is 9.59. The molecule has 2 fully saturated rings. The molecule has 0 bridgehead atoms. The van der Waals surface area contributed by atoms with E-state index in [1.165, 1.54) is 12.5 Å². The number of hydrogen-bond donors (Lipinski definition) is 2. The zero-order chi connectivity index (χ0) is 19.4. The third kappa shape index (κ3) is 4.56. The van der Waals surface area contributed by atoms with E-state index in [2.05, 4.69) is 10.6 Å². The zero-order valence-electron chi connectivity index (χ0n) is 15.6. The van der Waals surface area contributed by atoms with Crippen molar-refractivity contribution in [3.8, 4) is 0 Å². The molecule has 0 unspecified atom stereocenters. The molecule has 2 aliphatic rings. The van der Waals surface area contributed by atoms with E-state index in [4.69, 9.17) is 0 Å². The smallest absolute Gasteiger partial charge is 0.318 e. The number of urea groups is 1. The average molecular weight is 374 g/mol. The monoisotopic (exact) mass is 374 g/mol. The normalized spacial score (nSPS) is 20.3. The molecule has 146 valence electrons. The van der Waals surface area contributed by atoms with Gasteiger partial charge in [-0.05, 0) is 38.7 Å². The number of anilines is 1. The molecule has 1 heterocycles. The second-order valence-corrected chi connectivity index (χ2v) is 7.38. The van der Waals surface area contributed by atoms with E-state index >= 15 is 0 Å². The highest BCUT2D eigenvalue weighted by Gasteiger charge is 2.35. The Hall–Kier alpha value is -2.64. The zero-order valence-corrected chi connectivity index (χ0v) is 15.6. The molecule has 1 aromatic carbocycles. The van der Waals surface area contributed by atoms with Gasteiger partial charge in [-0.1, -0.05) is 25.3 Å². The number of carbonyl (C=O) groups excluding carboxylic acids is 2. The third-order valence-electron chi connectivity index (χ3n) is 5.42. The Morgan fingerprint density at radius 3 is 2.59 bits per heavy atom. The molecule has 1 aliphatic carbocycles. The van der Waals surface area contributed by atoms with Gasteiger partial charge >= 0.3 is 6.03 Å². The van der Waals surface area contributed by atoms with Crippen LogP contribution in [0.5, 0.6) is 0 Å². The first kappa shape index (κ1) is 19.1. The summed E-state index contributed by atoms with van der Waals surface area (Å²) >= 11 is 0. The molecule has 1 aliphatic heterocycles. The van der Waals surface area contributed by atoms with Crippen molar-refractivity contribution in [3.63, 3.8) is 0 Å². The summed E-state index contributed by atoms with van der Waals surface area (Å²) in [6.07, 6.45) is 6.81. The van der Waals surface area contributed by atoms with Crippen molar-refractivity contribution in [1.29, 1.82) is 0 Å². The van der Waals surface area contributed by atoms with Gasteiger partial charge in [0.15, 0.2) is 0 Å². The van der Waals surface area contributed by atoms with Crippen LogP contribution in [0, 0.1) is 17.0 Å². The summed E-state index contributed by atoms with van der Waals surface area (Å²) in [5.74, 6) is -0.301. The summed E-state index contributed by atoms with van der Waals surface area (Å²) in [6.45, 7) is 2.20. The quantitative estimate of drug-likeness (QED) is 0.623. The minimum atomic E-state index is -0.547. The largest absolute Gasteiger partial charge is 0.335 e. The topological polar surface area (TPSA) is 105 Å². The molecule has 0 aromatic heterocycles. The lowest BCUT2D eigenvalue weighted by atomic mass is 9.96. The number of nitrogens with one attached hydrogen (secondary N) is 2. The maximum atomic E-state index is 12.7. The fraction of sp³-hybridized carbons (Fsp3) is 0.579. The number of nitro benzene ring substituents is 1. The van der Waals surface area contributed by atoms with Gasteiger partial charge in [-0.25, -0.2) is 4.79 Å². The Kier molecular flexibility index (Phi) is 5.93.